The van der Waals surface area contributed by atoms with E-state index in [1.807, 2.05) is 6.92 Å². The van der Waals surface area contributed by atoms with Gasteiger partial charge < -0.3 is 9.15 Å². The summed E-state index contributed by atoms with van der Waals surface area (Å²) >= 11 is 12.9. The third kappa shape index (κ3) is 5.47. The van der Waals surface area contributed by atoms with E-state index in [9.17, 15) is 14.9 Å². The summed E-state index contributed by atoms with van der Waals surface area (Å²) in [5, 5.41) is 19.5. The Bertz CT molecular complexity index is 1070. The summed E-state index contributed by atoms with van der Waals surface area (Å²) in [4.78, 5) is 22.6. The van der Waals surface area contributed by atoms with Gasteiger partial charge in [-0.05, 0) is 36.8 Å². The molecule has 0 radical (unpaired) electrons. The molecule has 1 aromatic heterocycles. The van der Waals surface area contributed by atoms with Crippen molar-refractivity contribution in [1.82, 2.24) is 10.2 Å². The van der Waals surface area contributed by atoms with E-state index in [2.05, 4.69) is 10.2 Å². The quantitative estimate of drug-likeness (QED) is 0.199. The molecule has 0 unspecified atom stereocenters. The zero-order valence-corrected chi connectivity index (χ0v) is 17.3. The van der Waals surface area contributed by atoms with E-state index in [4.69, 9.17) is 32.4 Å². The van der Waals surface area contributed by atoms with Crippen LogP contribution in [0.25, 0.3) is 0 Å². The maximum absolute atomic E-state index is 12.3. The van der Waals surface area contributed by atoms with Gasteiger partial charge in [-0.2, -0.15) is 0 Å². The maximum atomic E-state index is 12.3. The zero-order valence-electron chi connectivity index (χ0n) is 14.9. The van der Waals surface area contributed by atoms with E-state index in [0.717, 1.165) is 23.4 Å². The van der Waals surface area contributed by atoms with Crippen molar-refractivity contribution in [3.63, 3.8) is 0 Å². The first-order chi connectivity index (χ1) is 13.8. The average Bonchev–Trinajstić information content (AvgIpc) is 3.13. The van der Waals surface area contributed by atoms with Gasteiger partial charge in [0.15, 0.2) is 12.4 Å². The number of rotatable bonds is 8. The zero-order chi connectivity index (χ0) is 21.0. The van der Waals surface area contributed by atoms with E-state index >= 15 is 0 Å². The summed E-state index contributed by atoms with van der Waals surface area (Å²) < 4.78 is 11.1. The molecule has 0 saturated heterocycles. The minimum atomic E-state index is -0.590. The van der Waals surface area contributed by atoms with Gasteiger partial charge in [-0.3, -0.25) is 14.9 Å². The third-order valence-corrected chi connectivity index (χ3v) is 5.11. The molecule has 0 N–H and O–H groups in total. The van der Waals surface area contributed by atoms with Crippen molar-refractivity contribution >= 4 is 46.4 Å². The number of non-ortho nitro benzene ring substituents is 1. The summed E-state index contributed by atoms with van der Waals surface area (Å²) in [6, 6.07) is 8.93. The fourth-order valence-corrected chi connectivity index (χ4v) is 3.43. The number of aromatic nitrogens is 2. The normalized spacial score (nSPS) is 10.7. The number of halogens is 2. The maximum Gasteiger partial charge on any atom is 0.277 e. The number of nitro benzene ring substituents is 1. The van der Waals surface area contributed by atoms with Crippen molar-refractivity contribution in [1.29, 1.82) is 0 Å². The lowest BCUT2D eigenvalue weighted by molar-refractivity contribution is -0.384. The van der Waals surface area contributed by atoms with Crippen LogP contribution in [0.1, 0.15) is 21.8 Å². The minimum Gasteiger partial charge on any atom is -0.484 e. The first-order valence-electron chi connectivity index (χ1n) is 8.15. The highest BCUT2D eigenvalue weighted by Crippen LogP contribution is 2.26. The highest BCUT2D eigenvalue weighted by Gasteiger charge is 2.17. The molecule has 0 bridgehead atoms. The second-order valence-electron chi connectivity index (χ2n) is 5.79. The van der Waals surface area contributed by atoms with Gasteiger partial charge in [0.05, 0.1) is 15.7 Å². The Morgan fingerprint density at radius 1 is 1.24 bits per heavy atom. The Hall–Kier alpha value is -2.62. The molecule has 1 heterocycles. The number of aryl methyl sites for hydroxylation is 1. The first kappa shape index (κ1) is 21.1. The highest BCUT2D eigenvalue weighted by atomic mass is 35.5. The number of Topliss-reactive ketones (excluding diaryl/α,β-unsaturated/α-hetero) is 1. The Kier molecular flexibility index (Phi) is 6.73. The van der Waals surface area contributed by atoms with Crippen molar-refractivity contribution in [2.24, 2.45) is 0 Å². The summed E-state index contributed by atoms with van der Waals surface area (Å²) in [5.41, 5.74) is 0.721. The molecule has 29 heavy (non-hydrogen) atoms. The number of hydrogen-bond donors (Lipinski definition) is 0. The van der Waals surface area contributed by atoms with Gasteiger partial charge >= 0.3 is 0 Å². The summed E-state index contributed by atoms with van der Waals surface area (Å²) in [6.45, 7) is 1.92. The summed E-state index contributed by atoms with van der Waals surface area (Å²) in [6.07, 6.45) is 0. The lowest BCUT2D eigenvalue weighted by Gasteiger charge is -2.06. The second kappa shape index (κ2) is 9.25. The second-order valence-corrected chi connectivity index (χ2v) is 7.56. The predicted molar refractivity (Wildman–Crippen MR) is 108 cm³/mol. The monoisotopic (exact) mass is 453 g/mol. The van der Waals surface area contributed by atoms with Crippen LogP contribution in [-0.4, -0.2) is 26.7 Å². The third-order valence-electron chi connectivity index (χ3n) is 3.72. The molecule has 2 aromatic carbocycles. The Balaban J connectivity index is 1.58. The van der Waals surface area contributed by atoms with Gasteiger partial charge in [-0.1, -0.05) is 35.0 Å². The van der Waals surface area contributed by atoms with Crippen molar-refractivity contribution in [3.8, 4) is 5.75 Å². The number of ether oxygens (including phenoxy) is 1. The van der Waals surface area contributed by atoms with Crippen LogP contribution in [0.2, 0.25) is 10.0 Å². The molecule has 0 amide bonds. The van der Waals surface area contributed by atoms with Crippen molar-refractivity contribution in [2.75, 3.05) is 5.75 Å². The fraction of sp³-hybridized carbons (Fsp3) is 0.167. The minimum absolute atomic E-state index is 0.0562. The summed E-state index contributed by atoms with van der Waals surface area (Å²) in [5.74, 6) is 0.413. The van der Waals surface area contributed by atoms with Crippen molar-refractivity contribution in [2.45, 2.75) is 18.8 Å². The van der Waals surface area contributed by atoms with E-state index in [1.165, 1.54) is 12.1 Å². The van der Waals surface area contributed by atoms with Gasteiger partial charge in [0.1, 0.15) is 5.75 Å². The number of hydrogen-bond acceptors (Lipinski definition) is 8. The van der Waals surface area contributed by atoms with Gasteiger partial charge in [-0.15, -0.1) is 10.2 Å². The van der Waals surface area contributed by atoms with Crippen molar-refractivity contribution in [3.05, 3.63) is 73.6 Å². The molecule has 0 saturated carbocycles. The Morgan fingerprint density at radius 2 is 2.03 bits per heavy atom. The lowest BCUT2D eigenvalue weighted by atomic mass is 10.1. The lowest BCUT2D eigenvalue weighted by Crippen LogP contribution is -2.04. The fourth-order valence-electron chi connectivity index (χ4n) is 2.31. The van der Waals surface area contributed by atoms with Crippen LogP contribution in [0.15, 0.2) is 46.0 Å². The number of ketones is 1. The number of benzene rings is 2. The average molecular weight is 454 g/mol. The molecule has 0 fully saturated rings. The van der Waals surface area contributed by atoms with E-state index in [1.54, 1.807) is 18.2 Å². The Morgan fingerprint density at radius 3 is 2.76 bits per heavy atom. The first-order valence-corrected chi connectivity index (χ1v) is 9.89. The van der Waals surface area contributed by atoms with Gasteiger partial charge in [0, 0.05) is 22.7 Å². The van der Waals surface area contributed by atoms with Crippen LogP contribution in [0.5, 0.6) is 5.75 Å². The molecule has 150 valence electrons. The van der Waals surface area contributed by atoms with Crippen LogP contribution in [-0.2, 0) is 6.61 Å². The van der Waals surface area contributed by atoms with Crippen LogP contribution in [0.4, 0.5) is 5.69 Å². The topological polar surface area (TPSA) is 108 Å². The SMILES string of the molecule is Cc1cc(Cl)ccc1OCc1nnc(SCC(=O)c2cc([N+](=O)[O-])ccc2Cl)o1. The molecule has 8 nitrogen and oxygen atoms in total. The van der Waals surface area contributed by atoms with E-state index in [0.29, 0.717) is 10.8 Å². The number of thioether (sulfide) groups is 1. The molecule has 0 spiro atoms. The molecule has 0 aliphatic rings. The molecule has 0 aliphatic heterocycles. The number of nitrogens with zero attached hydrogens (tertiary/aromatic N) is 3. The van der Waals surface area contributed by atoms with Gasteiger partial charge in [0.2, 0.25) is 0 Å². The number of carbonyl (C=O) groups excluding carboxylic acids is 1. The summed E-state index contributed by atoms with van der Waals surface area (Å²) in [7, 11) is 0. The molecule has 0 atom stereocenters. The number of carbonyl (C=O) groups is 1. The smallest absolute Gasteiger partial charge is 0.277 e. The predicted octanol–water partition coefficient (Wildman–Crippen LogP) is 5.15. The molecular formula is C18H13Cl2N3O5S. The van der Waals surface area contributed by atoms with Crippen LogP contribution in [0.3, 0.4) is 0 Å². The molecular weight excluding hydrogens is 441 g/mol. The highest BCUT2D eigenvalue weighted by molar-refractivity contribution is 7.99. The van der Waals surface area contributed by atoms with E-state index in [-0.39, 0.29) is 39.7 Å². The standard InChI is InChI=1S/C18H13Cl2N3O5S/c1-10-6-11(19)2-5-16(10)27-8-17-21-22-18(28-17)29-9-15(24)13-7-12(23(25)26)3-4-14(13)20/h2-7H,8-9H2,1H3. The molecule has 11 heteroatoms. The van der Waals surface area contributed by atoms with Crippen LogP contribution >= 0.6 is 35.0 Å². The Labute approximate surface area is 179 Å². The largest absolute Gasteiger partial charge is 0.484 e. The molecule has 0 aliphatic carbocycles. The number of nitro groups is 1. The van der Waals surface area contributed by atoms with Crippen molar-refractivity contribution < 1.29 is 18.9 Å². The van der Waals surface area contributed by atoms with Crippen LogP contribution < -0.4 is 4.74 Å². The van der Waals surface area contributed by atoms with Gasteiger partial charge in [0.25, 0.3) is 16.8 Å². The molecule has 3 rings (SSSR count). The molecule has 3 aromatic rings. The van der Waals surface area contributed by atoms with Gasteiger partial charge in [-0.25, -0.2) is 0 Å². The van der Waals surface area contributed by atoms with Crippen LogP contribution in [0, 0.1) is 17.0 Å². The van der Waals surface area contributed by atoms with E-state index < -0.39 is 10.7 Å².